The zero-order valence-corrected chi connectivity index (χ0v) is 49.2. The Hall–Kier alpha value is -9.00. The average Bonchev–Trinajstić information content (AvgIpc) is 1.48. The molecular formula is C61H67FN6O20. The van der Waals surface area contributed by atoms with Crippen LogP contribution < -0.4 is 31.6 Å². The minimum absolute atomic E-state index is 0.00224. The first kappa shape index (κ1) is 63.5. The molecule has 5 N–H and O–H groups in total. The van der Waals surface area contributed by atoms with Gasteiger partial charge < -0.3 is 73.6 Å². The molecule has 5 aliphatic rings. The van der Waals surface area contributed by atoms with E-state index in [4.69, 9.17) is 47.6 Å². The van der Waals surface area contributed by atoms with E-state index in [1.54, 1.807) is 13.8 Å². The van der Waals surface area contributed by atoms with Gasteiger partial charge in [-0.25, -0.2) is 19.0 Å². The molecule has 8 atom stereocenters. The number of fused-ring (bicyclic) bond motifs is 5. The van der Waals surface area contributed by atoms with E-state index in [2.05, 4.69) is 33.1 Å². The van der Waals surface area contributed by atoms with Gasteiger partial charge in [0.15, 0.2) is 17.8 Å². The third-order valence-corrected chi connectivity index (χ3v) is 15.6. The second kappa shape index (κ2) is 27.4. The van der Waals surface area contributed by atoms with Crippen LogP contribution in [0.15, 0.2) is 35.1 Å². The highest BCUT2D eigenvalue weighted by Gasteiger charge is 2.54. The molecule has 0 spiro atoms. The Bertz CT molecular complexity index is 3610. The van der Waals surface area contributed by atoms with Gasteiger partial charge in [-0.3, -0.25) is 38.4 Å². The van der Waals surface area contributed by atoms with Crippen LogP contribution in [0.4, 0.5) is 9.18 Å². The van der Waals surface area contributed by atoms with Crippen LogP contribution >= 0.6 is 0 Å². The summed E-state index contributed by atoms with van der Waals surface area (Å²) in [6, 6.07) is 6.08. The molecule has 2 aromatic heterocycles. The van der Waals surface area contributed by atoms with E-state index in [1.165, 1.54) is 34.9 Å². The summed E-state index contributed by atoms with van der Waals surface area (Å²) in [5.74, 6) is -0.883. The molecule has 0 bridgehead atoms. The van der Waals surface area contributed by atoms with Gasteiger partial charge in [0.1, 0.15) is 56.7 Å². The number of alkyl carbamates (subject to hydrolysis) is 1. The second-order valence-electron chi connectivity index (χ2n) is 21.7. The maximum absolute atomic E-state index is 15.5. The Balaban J connectivity index is 0.915. The molecule has 9 rings (SSSR count). The molecule has 26 nitrogen and oxygen atoms in total. The fourth-order valence-corrected chi connectivity index (χ4v) is 11.5. The van der Waals surface area contributed by atoms with Crippen LogP contribution in [0.3, 0.4) is 0 Å². The molecule has 4 amide bonds. The summed E-state index contributed by atoms with van der Waals surface area (Å²) in [6.07, 6.45) is -4.50. The normalized spacial score (nSPS) is 22.2. The molecule has 5 heterocycles. The zero-order chi connectivity index (χ0) is 63.1. The summed E-state index contributed by atoms with van der Waals surface area (Å²) in [4.78, 5) is 135. The smallest absolute Gasteiger partial charge is 0.407 e. The van der Waals surface area contributed by atoms with Crippen LogP contribution in [0.5, 0.6) is 5.75 Å². The molecule has 1 fully saturated rings. The van der Waals surface area contributed by atoms with Crippen LogP contribution in [-0.2, 0) is 103 Å². The summed E-state index contributed by atoms with van der Waals surface area (Å²) in [5.41, 5.74) is 0.653. The largest absolute Gasteiger partial charge is 0.463 e. The number of cyclic esters (lactones) is 1. The summed E-state index contributed by atoms with van der Waals surface area (Å²) in [6.45, 7) is 5.02. The predicted octanol–water partition coefficient (Wildman–Crippen LogP) is 3.22. The number of esters is 5. The number of aliphatic hydroxyl groups is 1. The number of rotatable bonds is 20. The number of benzene rings is 2. The first-order chi connectivity index (χ1) is 42.0. The standard InChI is InChI=1S/C61H67FN6O20/c1-7-61(79)41-22-45-52-39(25-68(45)57(76)40(41)27-82-59(61)77)51-43(17-16-37-30(2)42(62)23-44(67-52)50(37)51)66-48(73)24-65-60(78)83-26-35-15-18-46(38(21-35)56(75)64-20-19-63-49(74)29-81-36-13-11-9-8-10-12-14-36)87-58-55(86-34(6)72)54(85-33(5)71)53(84-32(4)70)47(88-58)28-80-31(3)69/h15,18,21-23,36,43,47,53-55,58,79H,7-11,13,16-17,19-20,24-29H2,1-6H3,(H,63,74)(H,64,75)(H,65,78)(H,66,73)/t36?,43-,47+,53+,54-,55+,58+,61-/m0/s1. The number of hydrogen-bond acceptors (Lipinski definition) is 21. The fraction of sp³-hybridized carbons (Fsp3) is 0.492. The number of ether oxygens (including phenoxy) is 9. The van der Waals surface area contributed by atoms with Crippen LogP contribution in [-0.4, -0.2) is 138 Å². The van der Waals surface area contributed by atoms with Crippen LogP contribution in [0.2, 0.25) is 0 Å². The fourth-order valence-electron chi connectivity index (χ4n) is 11.5. The monoisotopic (exact) mass is 1220 g/mol. The van der Waals surface area contributed by atoms with Gasteiger partial charge in [0.05, 0.1) is 40.6 Å². The lowest BCUT2D eigenvalue weighted by Gasteiger charge is -2.44. The molecular weight excluding hydrogens is 1160 g/mol. The molecule has 1 unspecified atom stereocenters. The Morgan fingerprint density at radius 3 is 2.32 bits per heavy atom. The Morgan fingerprint density at radius 1 is 0.841 bits per heavy atom. The van der Waals surface area contributed by atoms with Gasteiger partial charge in [0.2, 0.25) is 24.2 Å². The molecule has 468 valence electrons. The van der Waals surface area contributed by atoms with E-state index >= 15 is 4.39 Å². The minimum atomic E-state index is -2.09. The number of carbonyl (C=O) groups excluding carboxylic acids is 9. The minimum Gasteiger partial charge on any atom is -0.463 e. The summed E-state index contributed by atoms with van der Waals surface area (Å²) in [7, 11) is 0. The van der Waals surface area contributed by atoms with Crippen LogP contribution in [0, 0.1) is 24.6 Å². The van der Waals surface area contributed by atoms with Crippen molar-refractivity contribution in [1.29, 1.82) is 0 Å². The van der Waals surface area contributed by atoms with E-state index < -0.39 is 133 Å². The summed E-state index contributed by atoms with van der Waals surface area (Å²) in [5, 5.41) is 22.8. The van der Waals surface area contributed by atoms with E-state index in [9.17, 15) is 53.1 Å². The SMILES string of the molecule is CC[C@@]1(O)C(=O)OCc2c1cc1n(c2=O)Cc2c-1nc1cc(F)c(C)c3c1c2[C@@H](NC(=O)CNC(=O)OCc1ccc(O[C@@H]2O[C@H](COC(C)=O)[C@@H](OC(C)=O)[C@H](OC(C)=O)[C@H]2OC(C)=O)c(C(=O)NCCNC(=O)COC2C#CCCCCC2)c1)CC3. The van der Waals surface area contributed by atoms with Crippen LogP contribution in [0.25, 0.3) is 22.3 Å². The highest BCUT2D eigenvalue weighted by Crippen LogP contribution is 2.46. The third-order valence-electron chi connectivity index (χ3n) is 15.6. The average molecular weight is 1220 g/mol. The van der Waals surface area contributed by atoms with Gasteiger partial charge in [-0.1, -0.05) is 25.3 Å². The van der Waals surface area contributed by atoms with Crippen molar-refractivity contribution in [2.45, 2.75) is 161 Å². The quantitative estimate of drug-likeness (QED) is 0.0323. The first-order valence-electron chi connectivity index (χ1n) is 28.8. The number of aromatic nitrogens is 2. The topological polar surface area (TPSA) is 340 Å². The number of hydrogen-bond donors (Lipinski definition) is 5. The van der Waals surface area contributed by atoms with Crippen molar-refractivity contribution in [1.82, 2.24) is 30.8 Å². The van der Waals surface area contributed by atoms with Crippen molar-refractivity contribution in [2.75, 3.05) is 32.8 Å². The number of aryl methyl sites for hydroxylation is 1. The highest BCUT2D eigenvalue weighted by atomic mass is 19.1. The van der Waals surface area contributed by atoms with Gasteiger partial charge in [-0.15, -0.1) is 5.92 Å². The molecule has 1 saturated heterocycles. The lowest BCUT2D eigenvalue weighted by Crippen LogP contribution is -2.63. The molecule has 88 heavy (non-hydrogen) atoms. The van der Waals surface area contributed by atoms with Crippen molar-refractivity contribution >= 4 is 64.6 Å². The molecule has 27 heteroatoms. The Morgan fingerprint density at radius 2 is 1.58 bits per heavy atom. The van der Waals surface area contributed by atoms with Crippen molar-refractivity contribution in [3.05, 3.63) is 91.0 Å². The van der Waals surface area contributed by atoms with Crippen molar-refractivity contribution < 1.29 is 95.3 Å². The van der Waals surface area contributed by atoms with Gasteiger partial charge in [-0.2, -0.15) is 0 Å². The maximum Gasteiger partial charge on any atom is 0.407 e. The number of nitrogens with zero attached hydrogens (tertiary/aromatic N) is 2. The number of amides is 4. The first-order valence-corrected chi connectivity index (χ1v) is 28.8. The van der Waals surface area contributed by atoms with Crippen molar-refractivity contribution in [3.8, 4) is 29.0 Å². The van der Waals surface area contributed by atoms with Crippen molar-refractivity contribution in [3.63, 3.8) is 0 Å². The summed E-state index contributed by atoms with van der Waals surface area (Å²) >= 11 is 0. The molecule has 2 aliphatic carbocycles. The number of carbonyl (C=O) groups is 9. The van der Waals surface area contributed by atoms with E-state index in [0.717, 1.165) is 53.4 Å². The zero-order valence-electron chi connectivity index (χ0n) is 49.2. The molecule has 4 aromatic rings. The van der Waals surface area contributed by atoms with Gasteiger partial charge in [-0.05, 0) is 85.9 Å². The van der Waals surface area contributed by atoms with E-state index in [0.29, 0.717) is 52.6 Å². The Kier molecular flexibility index (Phi) is 19.7. The van der Waals surface area contributed by atoms with Gasteiger partial charge in [0, 0.05) is 69.8 Å². The lowest BCUT2D eigenvalue weighted by molar-refractivity contribution is -0.288. The molecule has 0 saturated carbocycles. The summed E-state index contributed by atoms with van der Waals surface area (Å²) < 4.78 is 67.6. The molecule has 3 aliphatic heterocycles. The molecule has 2 aromatic carbocycles. The second-order valence-corrected chi connectivity index (χ2v) is 21.7. The number of nitrogens with one attached hydrogen (secondary N) is 4. The van der Waals surface area contributed by atoms with E-state index in [-0.39, 0.29) is 78.5 Å². The third kappa shape index (κ3) is 14.0. The van der Waals surface area contributed by atoms with Crippen molar-refractivity contribution in [2.24, 2.45) is 0 Å². The lowest BCUT2D eigenvalue weighted by atomic mass is 9.81. The predicted molar refractivity (Wildman–Crippen MR) is 302 cm³/mol. The van der Waals surface area contributed by atoms with Gasteiger partial charge in [0.25, 0.3) is 11.5 Å². The van der Waals surface area contributed by atoms with E-state index in [1.807, 2.05) is 0 Å². The maximum atomic E-state index is 15.5. The number of halogens is 1. The Labute approximate surface area is 503 Å². The van der Waals surface area contributed by atoms with Gasteiger partial charge >= 0.3 is 35.9 Å². The number of pyridine rings is 2. The molecule has 0 radical (unpaired) electrons. The van der Waals surface area contributed by atoms with Crippen LogP contribution in [0.1, 0.15) is 135 Å². The highest BCUT2D eigenvalue weighted by molar-refractivity contribution is 5.97.